The van der Waals surface area contributed by atoms with Crippen LogP contribution in [0.5, 0.6) is 0 Å². The van der Waals surface area contributed by atoms with Crippen molar-refractivity contribution >= 4 is 51.9 Å². The standard InChI is InChI=1S/C35H39Cl2N3O7S/c1-4-34(35(44)15-8-9-16-35)22-38-17-18-40(34)31-30(33(43)47-20-19-41)29(27-24(36)13-10-14-25(27)37)28(32(42)46-3)26(39(31)2)21-48(45)23-11-6-5-7-12-23/h5-7,10-14,20,29,38,44H,4,8-9,15-18,21-22H2,1-3H3. The van der Waals surface area contributed by atoms with Crippen LogP contribution in [0, 0.1) is 0 Å². The molecule has 1 saturated heterocycles. The minimum Gasteiger partial charge on any atom is -0.466 e. The van der Waals surface area contributed by atoms with E-state index in [2.05, 4.69) is 5.32 Å². The molecular formula is C35H39Cl2N3O7S. The number of methoxy groups -OCH3 is 1. The summed E-state index contributed by atoms with van der Waals surface area (Å²) in [5.41, 5.74) is -1.55. The van der Waals surface area contributed by atoms with Crippen LogP contribution in [0.3, 0.4) is 0 Å². The van der Waals surface area contributed by atoms with Gasteiger partial charge in [0.2, 0.25) is 0 Å². The van der Waals surface area contributed by atoms with Crippen LogP contribution >= 0.6 is 23.2 Å². The van der Waals surface area contributed by atoms with E-state index in [1.165, 1.54) is 13.1 Å². The first kappa shape index (κ1) is 35.9. The third kappa shape index (κ3) is 6.35. The Hall–Kier alpha value is -3.44. The first-order valence-electron chi connectivity index (χ1n) is 15.8. The topological polar surface area (TPSA) is 125 Å². The zero-order valence-corrected chi connectivity index (χ0v) is 29.4. The van der Waals surface area contributed by atoms with Crippen molar-refractivity contribution in [2.45, 2.75) is 61.0 Å². The molecular weight excluding hydrogens is 677 g/mol. The molecule has 2 heterocycles. The van der Waals surface area contributed by atoms with Gasteiger partial charge in [0.05, 0.1) is 51.9 Å². The first-order chi connectivity index (χ1) is 23.0. The van der Waals surface area contributed by atoms with E-state index in [0.29, 0.717) is 61.6 Å². The van der Waals surface area contributed by atoms with E-state index in [9.17, 15) is 23.7 Å². The second-order valence-electron chi connectivity index (χ2n) is 12.1. The molecule has 48 heavy (non-hydrogen) atoms. The van der Waals surface area contributed by atoms with Gasteiger partial charge in [0, 0.05) is 52.9 Å². The van der Waals surface area contributed by atoms with Gasteiger partial charge in [-0.1, -0.05) is 67.2 Å². The summed E-state index contributed by atoms with van der Waals surface area (Å²) in [6.45, 7) is 3.28. The quantitative estimate of drug-likeness (QED) is 0.203. The Balaban J connectivity index is 1.88. The lowest BCUT2D eigenvalue weighted by Gasteiger charge is -2.58. The number of ether oxygens (including phenoxy) is 2. The average molecular weight is 717 g/mol. The highest BCUT2D eigenvalue weighted by Gasteiger charge is 2.58. The van der Waals surface area contributed by atoms with Gasteiger partial charge < -0.3 is 29.7 Å². The van der Waals surface area contributed by atoms with Crippen molar-refractivity contribution in [1.82, 2.24) is 15.1 Å². The molecule has 3 atom stereocenters. The summed E-state index contributed by atoms with van der Waals surface area (Å²) in [4.78, 5) is 43.8. The van der Waals surface area contributed by atoms with E-state index in [-0.39, 0.29) is 32.5 Å². The Morgan fingerprint density at radius 3 is 2.35 bits per heavy atom. The number of hydrogen-bond acceptors (Lipinski definition) is 10. The predicted octanol–water partition coefficient (Wildman–Crippen LogP) is 4.72. The normalized spacial score (nSPS) is 23.1. The third-order valence-electron chi connectivity index (χ3n) is 9.84. The maximum atomic E-state index is 14.3. The van der Waals surface area contributed by atoms with Crippen molar-refractivity contribution in [3.8, 4) is 0 Å². The van der Waals surface area contributed by atoms with Crippen molar-refractivity contribution in [3.63, 3.8) is 0 Å². The number of benzene rings is 2. The minimum absolute atomic E-state index is 0.0122. The van der Waals surface area contributed by atoms with Crippen LogP contribution in [0.4, 0.5) is 0 Å². The molecule has 1 aliphatic carbocycles. The molecule has 5 rings (SSSR count). The molecule has 2 aliphatic heterocycles. The lowest BCUT2D eigenvalue weighted by molar-refractivity contribution is -0.137. The fraction of sp³-hybridized carbons (Fsp3) is 0.429. The number of esters is 2. The predicted molar refractivity (Wildman–Crippen MR) is 183 cm³/mol. The van der Waals surface area contributed by atoms with Crippen LogP contribution in [0.15, 0.2) is 82.4 Å². The van der Waals surface area contributed by atoms with Gasteiger partial charge in [-0.05, 0) is 43.5 Å². The number of piperazine rings is 1. The Bertz CT molecular complexity index is 1680. The Kier molecular flexibility index (Phi) is 11.2. The van der Waals surface area contributed by atoms with Crippen LogP contribution in [0.1, 0.15) is 50.5 Å². The molecule has 2 fully saturated rings. The van der Waals surface area contributed by atoms with Gasteiger partial charge in [-0.2, -0.15) is 0 Å². The Labute approximate surface area is 292 Å². The van der Waals surface area contributed by atoms with E-state index < -0.39 is 39.8 Å². The number of hydrogen-bond donors (Lipinski definition) is 2. The molecule has 2 N–H and O–H groups in total. The summed E-state index contributed by atoms with van der Waals surface area (Å²) in [5.74, 6) is -1.36. The lowest BCUT2D eigenvalue weighted by atomic mass is 9.72. The second-order valence-corrected chi connectivity index (χ2v) is 14.4. The van der Waals surface area contributed by atoms with E-state index in [4.69, 9.17) is 32.7 Å². The molecule has 3 unspecified atom stereocenters. The first-order valence-corrected chi connectivity index (χ1v) is 17.9. The van der Waals surface area contributed by atoms with Crippen molar-refractivity contribution in [2.75, 3.05) is 39.5 Å². The number of rotatable bonds is 10. The largest absolute Gasteiger partial charge is 0.466 e. The maximum Gasteiger partial charge on any atom is 0.344 e. The van der Waals surface area contributed by atoms with Crippen LogP contribution in [0.25, 0.3) is 0 Å². The van der Waals surface area contributed by atoms with E-state index >= 15 is 0 Å². The van der Waals surface area contributed by atoms with Gasteiger partial charge in [0.15, 0.2) is 12.2 Å². The van der Waals surface area contributed by atoms with Gasteiger partial charge in [0.1, 0.15) is 5.82 Å². The molecule has 0 radical (unpaired) electrons. The molecule has 0 amide bonds. The number of nitrogens with zero attached hydrogens (tertiary/aromatic N) is 2. The Morgan fingerprint density at radius 2 is 1.75 bits per heavy atom. The Morgan fingerprint density at radius 1 is 1.08 bits per heavy atom. The van der Waals surface area contributed by atoms with Crippen molar-refractivity contribution in [1.29, 1.82) is 0 Å². The monoisotopic (exact) mass is 715 g/mol. The molecule has 0 spiro atoms. The highest BCUT2D eigenvalue weighted by molar-refractivity contribution is 7.85. The van der Waals surface area contributed by atoms with E-state index in [1.54, 1.807) is 54.4 Å². The van der Waals surface area contributed by atoms with Crippen molar-refractivity contribution in [2.24, 2.45) is 0 Å². The van der Waals surface area contributed by atoms with Crippen LogP contribution < -0.4 is 5.32 Å². The van der Waals surface area contributed by atoms with Crippen molar-refractivity contribution in [3.05, 3.63) is 93.1 Å². The van der Waals surface area contributed by atoms with Gasteiger partial charge >= 0.3 is 11.9 Å². The highest BCUT2D eigenvalue weighted by atomic mass is 35.5. The van der Waals surface area contributed by atoms with Gasteiger partial charge in [-0.15, -0.1) is 0 Å². The van der Waals surface area contributed by atoms with Crippen LogP contribution in [-0.4, -0.2) is 87.7 Å². The molecule has 2 aromatic rings. The molecule has 1 saturated carbocycles. The number of aliphatic hydroxyl groups is 1. The molecule has 0 aromatic heterocycles. The van der Waals surface area contributed by atoms with Crippen LogP contribution in [-0.2, 0) is 34.7 Å². The van der Waals surface area contributed by atoms with Gasteiger partial charge in [-0.3, -0.25) is 4.21 Å². The molecule has 10 nitrogen and oxygen atoms in total. The highest BCUT2D eigenvalue weighted by Crippen LogP contribution is 2.52. The SMILES string of the molecule is CCC1(C2(O)CCCC2)CNCCN1C1=C(C(=O)OC=C=O)C(c2c(Cl)cccc2Cl)C(C(=O)OC)=C(CS(=O)c2ccccc2)N1C. The minimum atomic E-state index is -1.65. The summed E-state index contributed by atoms with van der Waals surface area (Å²) in [6.07, 6.45) is 3.89. The fourth-order valence-electron chi connectivity index (χ4n) is 7.57. The molecule has 0 bridgehead atoms. The number of nitrogens with one attached hydrogen (secondary N) is 1. The zero-order valence-electron chi connectivity index (χ0n) is 27.1. The van der Waals surface area contributed by atoms with Crippen LogP contribution in [0.2, 0.25) is 10.0 Å². The summed E-state index contributed by atoms with van der Waals surface area (Å²) >= 11 is 13.7. The zero-order chi connectivity index (χ0) is 34.6. The molecule has 13 heteroatoms. The number of halogens is 2. The summed E-state index contributed by atoms with van der Waals surface area (Å²) < 4.78 is 24.7. The lowest BCUT2D eigenvalue weighted by Crippen LogP contribution is -2.72. The van der Waals surface area contributed by atoms with Gasteiger partial charge in [0.25, 0.3) is 0 Å². The molecule has 2 aromatic carbocycles. The smallest absolute Gasteiger partial charge is 0.344 e. The summed E-state index contributed by atoms with van der Waals surface area (Å²) in [5, 5.41) is 16.1. The average Bonchev–Trinajstić information content (AvgIpc) is 3.55. The molecule has 3 aliphatic rings. The number of carbonyl (C=O) groups is 2. The summed E-state index contributed by atoms with van der Waals surface area (Å²) in [6, 6.07) is 13.7. The van der Waals surface area contributed by atoms with E-state index in [0.717, 1.165) is 12.8 Å². The second kappa shape index (κ2) is 15.0. The van der Waals surface area contributed by atoms with Gasteiger partial charge in [-0.25, -0.2) is 14.4 Å². The van der Waals surface area contributed by atoms with Crippen molar-refractivity contribution < 1.29 is 33.2 Å². The van der Waals surface area contributed by atoms with E-state index in [1.807, 2.05) is 17.9 Å². The third-order valence-corrected chi connectivity index (χ3v) is 11.8. The fourth-order valence-corrected chi connectivity index (χ4v) is 9.41. The molecule has 256 valence electrons. The summed E-state index contributed by atoms with van der Waals surface area (Å²) in [7, 11) is 1.25. The number of carbonyl (C=O) groups excluding carboxylic acids is 3. The maximum absolute atomic E-state index is 14.3.